The molecule has 2 saturated carbocycles. The number of nitrogens with zero attached hydrogens (tertiary/aromatic N) is 1. The second kappa shape index (κ2) is 11.1. The van der Waals surface area contributed by atoms with E-state index in [-0.39, 0.29) is 51.3 Å². The van der Waals surface area contributed by atoms with Crippen LogP contribution in [0.25, 0.3) is 5.76 Å². The predicted molar refractivity (Wildman–Crippen MR) is 127 cm³/mol. The van der Waals surface area contributed by atoms with Gasteiger partial charge in [-0.25, -0.2) is 4.98 Å². The largest absolute Gasteiger partial charge is 0.505 e. The molecule has 1 unspecified atom stereocenters. The van der Waals surface area contributed by atoms with Crippen molar-refractivity contribution in [3.63, 3.8) is 0 Å². The van der Waals surface area contributed by atoms with Crippen LogP contribution in [0.4, 0.5) is 0 Å². The molecule has 0 bridgehead atoms. The molecule has 2 fully saturated rings. The number of halogens is 1. The first-order valence-corrected chi connectivity index (χ1v) is 12.1. The third kappa shape index (κ3) is 6.91. The van der Waals surface area contributed by atoms with Gasteiger partial charge in [-0.05, 0) is 57.1 Å². The molecule has 3 atom stereocenters. The van der Waals surface area contributed by atoms with Crippen LogP contribution < -0.4 is 4.74 Å². The number of aliphatic hydroxyl groups excluding tert-OH is 1. The molecule has 1 aromatic heterocycles. The molecule has 0 radical (unpaired) electrons. The van der Waals surface area contributed by atoms with Crippen LogP contribution in [-0.2, 0) is 14.3 Å². The third-order valence-electron chi connectivity index (χ3n) is 5.85. The molecule has 32 heavy (non-hydrogen) atoms. The molecular weight excluding hydrogens is 527 g/mol. The van der Waals surface area contributed by atoms with Crippen LogP contribution in [0.1, 0.15) is 57.6 Å². The van der Waals surface area contributed by atoms with Crippen molar-refractivity contribution in [3.05, 3.63) is 29.6 Å². The van der Waals surface area contributed by atoms with E-state index >= 15 is 0 Å². The number of carbonyl (C=O) groups is 2. The Balaban J connectivity index is 1.61. The van der Waals surface area contributed by atoms with Gasteiger partial charge in [0.2, 0.25) is 0 Å². The molecule has 174 valence electrons. The number of carboxylic acids is 1. The topological polar surface area (TPSA) is 130 Å². The van der Waals surface area contributed by atoms with E-state index in [4.69, 9.17) is 14.9 Å². The smallest absolute Gasteiger partial charge is 0.319 e. The average Bonchev–Trinajstić information content (AvgIpc) is 3.58. The Morgan fingerprint density at radius 2 is 2.00 bits per heavy atom. The highest BCUT2D eigenvalue weighted by molar-refractivity contribution is 14.1. The number of esters is 1. The van der Waals surface area contributed by atoms with Crippen LogP contribution in [0.15, 0.2) is 23.9 Å². The maximum atomic E-state index is 12.2. The Hall–Kier alpha value is -2.17. The Bertz CT molecular complexity index is 881. The molecule has 0 aliphatic heterocycles. The molecule has 0 amide bonds. The van der Waals surface area contributed by atoms with Crippen molar-refractivity contribution in [1.82, 2.24) is 4.98 Å². The molecule has 0 spiro atoms. The normalized spacial score (nSPS) is 22.4. The molecule has 0 saturated heterocycles. The van der Waals surface area contributed by atoms with Gasteiger partial charge < -0.3 is 25.1 Å². The highest BCUT2D eigenvalue weighted by Gasteiger charge is 2.29. The minimum absolute atomic E-state index is 0.0894. The van der Waals surface area contributed by atoms with Crippen molar-refractivity contribution < 1.29 is 29.3 Å². The van der Waals surface area contributed by atoms with E-state index in [1.54, 1.807) is 12.1 Å². The lowest BCUT2D eigenvalue weighted by atomic mass is 9.87. The van der Waals surface area contributed by atoms with Crippen molar-refractivity contribution in [2.24, 2.45) is 11.8 Å². The monoisotopic (exact) mass is 556 g/mol. The Morgan fingerprint density at radius 1 is 1.25 bits per heavy atom. The second-order valence-electron chi connectivity index (χ2n) is 8.53. The maximum Gasteiger partial charge on any atom is 0.319 e. The quantitative estimate of drug-likeness (QED) is 0.127. The number of aromatic nitrogens is 1. The number of hydrogen-bond donors (Lipinski definition) is 3. The lowest BCUT2D eigenvalue weighted by Crippen LogP contribution is -2.29. The number of alkyl halides is 1. The molecule has 1 aromatic rings. The summed E-state index contributed by atoms with van der Waals surface area (Å²) in [6.07, 6.45) is 7.12. The maximum absolute atomic E-state index is 12.2. The summed E-state index contributed by atoms with van der Waals surface area (Å²) in [6.45, 7) is 1.33. The molecule has 2 aliphatic rings. The SMILES string of the molecule is CC(=N)/C(COC(=O)C(I)CC1CC1)=C(\O)c1ccc(O[C@H]2CCC[C@H](C(=O)O)C2)cn1. The summed E-state index contributed by atoms with van der Waals surface area (Å²) in [6, 6.07) is 3.23. The zero-order valence-electron chi connectivity index (χ0n) is 18.1. The van der Waals surface area contributed by atoms with E-state index in [0.717, 1.165) is 32.1 Å². The number of aliphatic hydroxyl groups is 1. The predicted octanol–water partition coefficient (Wildman–Crippen LogP) is 4.56. The van der Waals surface area contributed by atoms with Crippen LogP contribution in [0, 0.1) is 17.2 Å². The van der Waals surface area contributed by atoms with Crippen LogP contribution in [-0.4, -0.2) is 49.5 Å². The summed E-state index contributed by atoms with van der Waals surface area (Å²) < 4.78 is 11.0. The van der Waals surface area contributed by atoms with Gasteiger partial charge in [0.15, 0.2) is 0 Å². The van der Waals surface area contributed by atoms with E-state index in [1.165, 1.54) is 13.1 Å². The van der Waals surface area contributed by atoms with Crippen LogP contribution >= 0.6 is 22.6 Å². The van der Waals surface area contributed by atoms with E-state index in [1.807, 2.05) is 0 Å². The molecule has 3 N–H and O–H groups in total. The Kier molecular flexibility index (Phi) is 8.50. The van der Waals surface area contributed by atoms with E-state index in [2.05, 4.69) is 27.6 Å². The fraction of sp³-hybridized carbons (Fsp3) is 0.565. The number of carbonyl (C=O) groups excluding carboxylic acids is 1. The highest BCUT2D eigenvalue weighted by atomic mass is 127. The number of pyridine rings is 1. The van der Waals surface area contributed by atoms with Gasteiger partial charge in [0.25, 0.3) is 0 Å². The Labute approximate surface area is 201 Å². The van der Waals surface area contributed by atoms with Crippen molar-refractivity contribution in [3.8, 4) is 5.75 Å². The molecule has 0 aromatic carbocycles. The van der Waals surface area contributed by atoms with Gasteiger partial charge in [0.05, 0.1) is 23.8 Å². The number of rotatable bonds is 10. The highest BCUT2D eigenvalue weighted by Crippen LogP contribution is 2.35. The number of carboxylic acid groups (broad SMARTS) is 1. The molecule has 9 heteroatoms. The summed E-state index contributed by atoms with van der Waals surface area (Å²) in [4.78, 5) is 27.7. The minimum atomic E-state index is -0.793. The fourth-order valence-corrected chi connectivity index (χ4v) is 4.64. The number of nitrogens with one attached hydrogen (secondary N) is 1. The first-order chi connectivity index (χ1) is 15.2. The van der Waals surface area contributed by atoms with Gasteiger partial charge >= 0.3 is 11.9 Å². The molecule has 1 heterocycles. The summed E-state index contributed by atoms with van der Waals surface area (Å²) in [5.41, 5.74) is 0.531. The first kappa shape index (κ1) is 24.5. The van der Waals surface area contributed by atoms with Gasteiger partial charge in [0.1, 0.15) is 27.7 Å². The second-order valence-corrected chi connectivity index (χ2v) is 10.0. The first-order valence-electron chi connectivity index (χ1n) is 10.9. The third-order valence-corrected chi connectivity index (χ3v) is 6.86. The number of aliphatic carboxylic acids is 1. The standard InChI is InChI=1S/C23H29IN2O6/c1-13(25)18(12-31-23(30)19(24)9-14-5-6-14)21(27)20-8-7-17(11-26-20)32-16-4-2-3-15(10-16)22(28)29/h7-8,11,14-16,19,25,27H,2-6,9-10,12H2,1H3,(H,28,29)/b21-18-,25-13?/t15-,16-,19?/m0/s1. The van der Waals surface area contributed by atoms with Crippen LogP contribution in [0.5, 0.6) is 5.75 Å². The van der Waals surface area contributed by atoms with Gasteiger partial charge in [-0.1, -0.05) is 35.4 Å². The van der Waals surface area contributed by atoms with Gasteiger partial charge in [0, 0.05) is 5.71 Å². The van der Waals surface area contributed by atoms with Gasteiger partial charge in [-0.15, -0.1) is 0 Å². The van der Waals surface area contributed by atoms with E-state index < -0.39 is 5.97 Å². The van der Waals surface area contributed by atoms with Gasteiger partial charge in [-0.2, -0.15) is 0 Å². The van der Waals surface area contributed by atoms with Crippen molar-refractivity contribution >= 4 is 46.0 Å². The summed E-state index contributed by atoms with van der Waals surface area (Å²) >= 11 is 2.08. The summed E-state index contributed by atoms with van der Waals surface area (Å²) in [5.74, 6) is -0.643. The molecule has 2 aliphatic carbocycles. The van der Waals surface area contributed by atoms with Crippen molar-refractivity contribution in [2.45, 2.75) is 61.9 Å². The molecule has 3 rings (SSSR count). The molecular formula is C23H29IN2O6. The van der Waals surface area contributed by atoms with Crippen LogP contribution in [0.3, 0.4) is 0 Å². The van der Waals surface area contributed by atoms with E-state index in [9.17, 15) is 19.8 Å². The zero-order chi connectivity index (χ0) is 23.3. The average molecular weight is 556 g/mol. The number of hydrogen-bond acceptors (Lipinski definition) is 7. The zero-order valence-corrected chi connectivity index (χ0v) is 20.2. The fourth-order valence-electron chi connectivity index (χ4n) is 3.74. The lowest BCUT2D eigenvalue weighted by Gasteiger charge is -2.27. The molecule has 8 nitrogen and oxygen atoms in total. The van der Waals surface area contributed by atoms with Crippen molar-refractivity contribution in [2.75, 3.05) is 6.61 Å². The lowest BCUT2D eigenvalue weighted by molar-refractivity contribution is -0.144. The van der Waals surface area contributed by atoms with Crippen LogP contribution in [0.2, 0.25) is 0 Å². The Morgan fingerprint density at radius 3 is 2.59 bits per heavy atom. The van der Waals surface area contributed by atoms with Crippen molar-refractivity contribution in [1.29, 1.82) is 5.41 Å². The number of ether oxygens (including phenoxy) is 2. The summed E-state index contributed by atoms with van der Waals surface area (Å²) in [5, 5.41) is 27.8. The van der Waals surface area contributed by atoms with E-state index in [0.29, 0.717) is 24.5 Å². The van der Waals surface area contributed by atoms with Gasteiger partial charge in [-0.3, -0.25) is 9.59 Å². The minimum Gasteiger partial charge on any atom is -0.505 e. The summed E-state index contributed by atoms with van der Waals surface area (Å²) in [7, 11) is 0.